The number of methoxy groups -OCH3 is 1. The summed E-state index contributed by atoms with van der Waals surface area (Å²) in [5.74, 6) is -0.441. The zero-order chi connectivity index (χ0) is 15.4. The standard InChI is InChI=1S/C15H18N2O3S/c1-3-4-5-8-17-13(18)11-7-6-10(14(19)20-2)9-12(11)16-15(17)21/h6-7,9H,3-5,8H2,1-2H3,(H,16,21). The fourth-order valence-corrected chi connectivity index (χ4v) is 2.51. The van der Waals surface area contributed by atoms with Crippen molar-refractivity contribution >= 4 is 29.1 Å². The lowest BCUT2D eigenvalue weighted by Gasteiger charge is -2.08. The van der Waals surface area contributed by atoms with Crippen LogP contribution in [-0.2, 0) is 11.3 Å². The van der Waals surface area contributed by atoms with Crippen LogP contribution in [0.2, 0.25) is 0 Å². The molecule has 0 amide bonds. The third-order valence-corrected chi connectivity index (χ3v) is 3.71. The number of aromatic nitrogens is 2. The highest BCUT2D eigenvalue weighted by molar-refractivity contribution is 7.71. The van der Waals surface area contributed by atoms with Gasteiger partial charge in [0.05, 0.1) is 23.6 Å². The van der Waals surface area contributed by atoms with Gasteiger partial charge in [0.1, 0.15) is 0 Å². The van der Waals surface area contributed by atoms with E-state index in [-0.39, 0.29) is 5.56 Å². The highest BCUT2D eigenvalue weighted by Crippen LogP contribution is 2.12. The summed E-state index contributed by atoms with van der Waals surface area (Å²) < 4.78 is 6.63. The minimum Gasteiger partial charge on any atom is -0.465 e. The Labute approximate surface area is 127 Å². The van der Waals surface area contributed by atoms with E-state index in [2.05, 4.69) is 16.6 Å². The smallest absolute Gasteiger partial charge is 0.337 e. The first-order valence-corrected chi connectivity index (χ1v) is 7.34. The van der Waals surface area contributed by atoms with Gasteiger partial charge >= 0.3 is 5.97 Å². The van der Waals surface area contributed by atoms with Crippen LogP contribution in [0.3, 0.4) is 0 Å². The highest BCUT2D eigenvalue weighted by Gasteiger charge is 2.10. The number of fused-ring (bicyclic) bond motifs is 1. The van der Waals surface area contributed by atoms with Gasteiger partial charge in [-0.25, -0.2) is 4.79 Å². The van der Waals surface area contributed by atoms with E-state index in [0.717, 1.165) is 19.3 Å². The number of benzene rings is 1. The van der Waals surface area contributed by atoms with E-state index in [1.807, 2.05) is 0 Å². The van der Waals surface area contributed by atoms with Gasteiger partial charge in [0.15, 0.2) is 4.77 Å². The van der Waals surface area contributed by atoms with Crippen LogP contribution in [0.1, 0.15) is 36.5 Å². The number of hydrogen-bond donors (Lipinski definition) is 1. The number of ether oxygens (including phenoxy) is 1. The van der Waals surface area contributed by atoms with Crippen molar-refractivity contribution in [2.75, 3.05) is 7.11 Å². The van der Waals surface area contributed by atoms with Gasteiger partial charge in [-0.15, -0.1) is 0 Å². The van der Waals surface area contributed by atoms with Crippen molar-refractivity contribution in [2.45, 2.75) is 32.7 Å². The van der Waals surface area contributed by atoms with Gasteiger partial charge in [0.2, 0.25) is 0 Å². The highest BCUT2D eigenvalue weighted by atomic mass is 32.1. The van der Waals surface area contributed by atoms with Gasteiger partial charge in [-0.2, -0.15) is 0 Å². The van der Waals surface area contributed by atoms with Crippen molar-refractivity contribution in [3.8, 4) is 0 Å². The first kappa shape index (κ1) is 15.4. The second-order valence-corrected chi connectivity index (χ2v) is 5.23. The van der Waals surface area contributed by atoms with Crippen molar-refractivity contribution in [3.63, 3.8) is 0 Å². The number of carbonyl (C=O) groups is 1. The third-order valence-electron chi connectivity index (χ3n) is 3.39. The van der Waals surface area contributed by atoms with E-state index in [0.29, 0.717) is 27.8 Å². The number of unbranched alkanes of at least 4 members (excludes halogenated alkanes) is 2. The summed E-state index contributed by atoms with van der Waals surface area (Å²) in [6, 6.07) is 4.81. The van der Waals surface area contributed by atoms with Crippen LogP contribution < -0.4 is 5.56 Å². The first-order chi connectivity index (χ1) is 10.1. The van der Waals surface area contributed by atoms with Crippen molar-refractivity contribution in [2.24, 2.45) is 0 Å². The Morgan fingerprint density at radius 2 is 2.14 bits per heavy atom. The number of carbonyl (C=O) groups excluding carboxylic acids is 1. The molecule has 5 nitrogen and oxygen atoms in total. The molecule has 0 bridgehead atoms. The number of rotatable bonds is 5. The molecular formula is C15H18N2O3S. The lowest BCUT2D eigenvalue weighted by Crippen LogP contribution is -2.22. The largest absolute Gasteiger partial charge is 0.465 e. The lowest BCUT2D eigenvalue weighted by atomic mass is 10.1. The molecule has 0 radical (unpaired) electrons. The lowest BCUT2D eigenvalue weighted by molar-refractivity contribution is 0.0601. The second kappa shape index (κ2) is 6.67. The summed E-state index contributed by atoms with van der Waals surface area (Å²) >= 11 is 5.25. The molecule has 0 saturated carbocycles. The molecule has 0 atom stereocenters. The van der Waals surface area contributed by atoms with Crippen LogP contribution in [-0.4, -0.2) is 22.6 Å². The van der Waals surface area contributed by atoms with Gasteiger partial charge in [-0.3, -0.25) is 9.36 Å². The number of esters is 1. The van der Waals surface area contributed by atoms with E-state index >= 15 is 0 Å². The summed E-state index contributed by atoms with van der Waals surface area (Å²) in [6.07, 6.45) is 3.06. The maximum Gasteiger partial charge on any atom is 0.337 e. The zero-order valence-electron chi connectivity index (χ0n) is 12.1. The molecule has 0 saturated heterocycles. The molecule has 2 rings (SSSR count). The molecule has 0 fully saturated rings. The number of aromatic amines is 1. The van der Waals surface area contributed by atoms with Gasteiger partial charge in [-0.1, -0.05) is 19.8 Å². The molecule has 0 spiro atoms. The quantitative estimate of drug-likeness (QED) is 0.524. The molecular weight excluding hydrogens is 288 g/mol. The van der Waals surface area contributed by atoms with Crippen molar-refractivity contribution in [3.05, 3.63) is 38.9 Å². The average molecular weight is 306 g/mol. The predicted octanol–water partition coefficient (Wildman–Crippen LogP) is 3.04. The van der Waals surface area contributed by atoms with Crippen LogP contribution in [0, 0.1) is 4.77 Å². The Kier molecular flexibility index (Phi) is 4.90. The van der Waals surface area contributed by atoms with Crippen LogP contribution >= 0.6 is 12.2 Å². The number of nitrogens with one attached hydrogen (secondary N) is 1. The molecule has 112 valence electrons. The summed E-state index contributed by atoms with van der Waals surface area (Å²) in [6.45, 7) is 2.72. The Hall–Kier alpha value is -1.95. The van der Waals surface area contributed by atoms with Crippen LogP contribution in [0.4, 0.5) is 0 Å². The Balaban J connectivity index is 2.50. The number of nitrogens with zero attached hydrogens (tertiary/aromatic N) is 1. The molecule has 2 aromatic rings. The number of hydrogen-bond acceptors (Lipinski definition) is 4. The van der Waals surface area contributed by atoms with Gasteiger partial charge < -0.3 is 9.72 Å². The zero-order valence-corrected chi connectivity index (χ0v) is 13.0. The third kappa shape index (κ3) is 3.21. The summed E-state index contributed by atoms with van der Waals surface area (Å²) in [4.78, 5) is 27.0. The molecule has 6 heteroatoms. The molecule has 21 heavy (non-hydrogen) atoms. The Bertz CT molecular complexity index is 777. The van der Waals surface area contributed by atoms with Crippen LogP contribution in [0.15, 0.2) is 23.0 Å². The van der Waals surface area contributed by atoms with Gasteiger partial charge in [-0.05, 0) is 36.8 Å². The van der Waals surface area contributed by atoms with Crippen molar-refractivity contribution in [1.29, 1.82) is 0 Å². The predicted molar refractivity (Wildman–Crippen MR) is 84.3 cm³/mol. The molecule has 1 aromatic carbocycles. The van der Waals surface area contributed by atoms with Crippen LogP contribution in [0.25, 0.3) is 10.9 Å². The Morgan fingerprint density at radius 1 is 1.38 bits per heavy atom. The topological polar surface area (TPSA) is 64.1 Å². The minimum absolute atomic E-state index is 0.124. The summed E-state index contributed by atoms with van der Waals surface area (Å²) in [7, 11) is 1.32. The fraction of sp³-hybridized carbons (Fsp3) is 0.400. The fourth-order valence-electron chi connectivity index (χ4n) is 2.22. The summed E-state index contributed by atoms with van der Waals surface area (Å²) in [5, 5.41) is 0.521. The maximum atomic E-state index is 12.5. The summed E-state index contributed by atoms with van der Waals surface area (Å²) in [5.41, 5.74) is 0.819. The van der Waals surface area contributed by atoms with E-state index in [1.54, 1.807) is 22.8 Å². The molecule has 1 N–H and O–H groups in total. The van der Waals surface area contributed by atoms with E-state index in [9.17, 15) is 9.59 Å². The van der Waals surface area contributed by atoms with Crippen molar-refractivity contribution in [1.82, 2.24) is 9.55 Å². The molecule has 0 aliphatic heterocycles. The van der Waals surface area contributed by atoms with E-state index in [4.69, 9.17) is 12.2 Å². The number of H-pyrrole nitrogens is 1. The maximum absolute atomic E-state index is 12.5. The van der Waals surface area contributed by atoms with Gasteiger partial charge in [0.25, 0.3) is 5.56 Å². The van der Waals surface area contributed by atoms with Crippen LogP contribution in [0.5, 0.6) is 0 Å². The second-order valence-electron chi connectivity index (χ2n) is 4.85. The van der Waals surface area contributed by atoms with E-state index < -0.39 is 5.97 Å². The average Bonchev–Trinajstić information content (AvgIpc) is 2.49. The molecule has 0 aliphatic carbocycles. The SMILES string of the molecule is CCCCCn1c(=S)[nH]c2cc(C(=O)OC)ccc2c1=O. The molecule has 1 aromatic heterocycles. The monoisotopic (exact) mass is 306 g/mol. The minimum atomic E-state index is -0.441. The van der Waals surface area contributed by atoms with Gasteiger partial charge in [0, 0.05) is 6.54 Å². The molecule has 0 aliphatic rings. The molecule has 1 heterocycles. The normalized spacial score (nSPS) is 10.8. The Morgan fingerprint density at radius 3 is 2.81 bits per heavy atom. The first-order valence-electron chi connectivity index (χ1n) is 6.93. The van der Waals surface area contributed by atoms with Crippen molar-refractivity contribution < 1.29 is 9.53 Å². The van der Waals surface area contributed by atoms with E-state index in [1.165, 1.54) is 7.11 Å². The molecule has 0 unspecified atom stereocenters.